The lowest BCUT2D eigenvalue weighted by molar-refractivity contribution is -0.129. The minimum atomic E-state index is -1.14. The van der Waals surface area contributed by atoms with Crippen LogP contribution in [0.3, 0.4) is 0 Å². The zero-order valence-corrected chi connectivity index (χ0v) is 11.5. The maximum Gasteiger partial charge on any atom is 0.358 e. The Labute approximate surface area is 120 Å². The number of amides is 1. The quantitative estimate of drug-likeness (QED) is 0.870. The first-order valence-electron chi connectivity index (χ1n) is 6.55. The van der Waals surface area contributed by atoms with Gasteiger partial charge in [-0.05, 0) is 6.07 Å². The van der Waals surface area contributed by atoms with Crippen molar-refractivity contribution in [1.82, 2.24) is 15.1 Å². The van der Waals surface area contributed by atoms with E-state index in [0.29, 0.717) is 29.7 Å². The minimum Gasteiger partial charge on any atom is -0.476 e. The van der Waals surface area contributed by atoms with Crippen LogP contribution in [-0.2, 0) is 4.79 Å². The Balaban J connectivity index is 2.17. The third-order valence-corrected chi connectivity index (χ3v) is 3.62. The molecule has 1 aromatic heterocycles. The van der Waals surface area contributed by atoms with E-state index in [0.717, 1.165) is 0 Å². The summed E-state index contributed by atoms with van der Waals surface area (Å²) in [6, 6.07) is 7.21. The lowest BCUT2D eigenvalue weighted by atomic mass is 10.1. The van der Waals surface area contributed by atoms with Gasteiger partial charge in [-0.15, -0.1) is 10.2 Å². The molecule has 0 unspecified atom stereocenters. The molecule has 2 aromatic rings. The Bertz CT molecular complexity index is 731. The molecule has 0 spiro atoms. The summed E-state index contributed by atoms with van der Waals surface area (Å²) >= 11 is 0. The Morgan fingerprint density at radius 3 is 2.71 bits per heavy atom. The van der Waals surface area contributed by atoms with Crippen LogP contribution < -0.4 is 4.90 Å². The van der Waals surface area contributed by atoms with Crippen molar-refractivity contribution in [3.8, 4) is 0 Å². The summed E-state index contributed by atoms with van der Waals surface area (Å²) in [6.45, 7) is 1.26. The van der Waals surface area contributed by atoms with Gasteiger partial charge in [0.1, 0.15) is 0 Å². The second-order valence-electron chi connectivity index (χ2n) is 4.96. The number of carbonyl (C=O) groups is 2. The summed E-state index contributed by atoms with van der Waals surface area (Å²) in [5.41, 5.74) is 0.962. The Morgan fingerprint density at radius 2 is 2.00 bits per heavy atom. The van der Waals surface area contributed by atoms with Gasteiger partial charge in [-0.2, -0.15) is 0 Å². The van der Waals surface area contributed by atoms with Gasteiger partial charge in [0.05, 0.1) is 17.7 Å². The number of rotatable bonds is 2. The maximum atomic E-state index is 11.9. The highest BCUT2D eigenvalue weighted by atomic mass is 16.4. The third-order valence-electron chi connectivity index (χ3n) is 3.62. The molecule has 0 bridgehead atoms. The standard InChI is InChI=1S/C14H14N4O3/c1-17-6-7-18(8-11(17)19)13-9-4-2-3-5-10(9)15-16-12(13)14(20)21/h2-5H,6-8H2,1H3,(H,20,21). The SMILES string of the molecule is CN1CCN(c2c(C(=O)O)nnc3ccccc23)CC1=O. The smallest absolute Gasteiger partial charge is 0.358 e. The van der Waals surface area contributed by atoms with Crippen LogP contribution in [0.4, 0.5) is 5.69 Å². The number of aromatic carboxylic acids is 1. The monoisotopic (exact) mass is 286 g/mol. The molecule has 0 aliphatic carbocycles. The predicted octanol–water partition coefficient (Wildman–Crippen LogP) is 0.606. The third kappa shape index (κ3) is 2.26. The van der Waals surface area contributed by atoms with Gasteiger partial charge in [-0.25, -0.2) is 4.79 Å². The first-order chi connectivity index (χ1) is 10.1. The largest absolute Gasteiger partial charge is 0.476 e. The summed E-state index contributed by atoms with van der Waals surface area (Å²) in [5, 5.41) is 17.8. The molecule has 1 fully saturated rings. The second kappa shape index (κ2) is 5.01. The average Bonchev–Trinajstić information content (AvgIpc) is 2.49. The number of benzene rings is 1. The number of hydrogen-bond donors (Lipinski definition) is 1. The topological polar surface area (TPSA) is 86.6 Å². The molecule has 108 valence electrons. The number of piperazine rings is 1. The van der Waals surface area contributed by atoms with Crippen molar-refractivity contribution in [2.45, 2.75) is 0 Å². The van der Waals surface area contributed by atoms with E-state index >= 15 is 0 Å². The average molecular weight is 286 g/mol. The molecule has 1 aromatic carbocycles. The van der Waals surface area contributed by atoms with Gasteiger partial charge in [0.2, 0.25) is 5.91 Å². The second-order valence-corrected chi connectivity index (χ2v) is 4.96. The van der Waals surface area contributed by atoms with Gasteiger partial charge in [-0.3, -0.25) is 4.79 Å². The molecular weight excluding hydrogens is 272 g/mol. The number of fused-ring (bicyclic) bond motifs is 1. The van der Waals surface area contributed by atoms with Gasteiger partial charge in [0, 0.05) is 25.5 Å². The van der Waals surface area contributed by atoms with Gasteiger partial charge >= 0.3 is 5.97 Å². The van der Waals surface area contributed by atoms with Gasteiger partial charge in [0.25, 0.3) is 0 Å². The van der Waals surface area contributed by atoms with Crippen LogP contribution in [0.15, 0.2) is 24.3 Å². The van der Waals surface area contributed by atoms with Crippen molar-refractivity contribution in [2.75, 3.05) is 31.6 Å². The number of hydrogen-bond acceptors (Lipinski definition) is 5. The normalized spacial score (nSPS) is 15.6. The van der Waals surface area contributed by atoms with E-state index in [1.54, 1.807) is 29.0 Å². The van der Waals surface area contributed by atoms with E-state index in [9.17, 15) is 14.7 Å². The van der Waals surface area contributed by atoms with Crippen LogP contribution >= 0.6 is 0 Å². The fourth-order valence-electron chi connectivity index (χ4n) is 2.45. The molecule has 0 atom stereocenters. The summed E-state index contributed by atoms with van der Waals surface area (Å²) in [5.74, 6) is -1.19. The molecule has 1 saturated heterocycles. The van der Waals surface area contributed by atoms with Crippen LogP contribution in [0.5, 0.6) is 0 Å². The van der Waals surface area contributed by atoms with E-state index in [-0.39, 0.29) is 18.1 Å². The van der Waals surface area contributed by atoms with Crippen molar-refractivity contribution in [3.63, 3.8) is 0 Å². The van der Waals surface area contributed by atoms with E-state index in [4.69, 9.17) is 0 Å². The first-order valence-corrected chi connectivity index (χ1v) is 6.55. The van der Waals surface area contributed by atoms with Crippen LogP contribution in [0, 0.1) is 0 Å². The number of carbonyl (C=O) groups excluding carboxylic acids is 1. The molecular formula is C14H14N4O3. The number of carboxylic acids is 1. The van der Waals surface area contributed by atoms with Gasteiger partial charge < -0.3 is 14.9 Å². The molecule has 7 nitrogen and oxygen atoms in total. The van der Waals surface area contributed by atoms with Crippen molar-refractivity contribution in [2.24, 2.45) is 0 Å². The molecule has 7 heteroatoms. The molecule has 0 radical (unpaired) electrons. The van der Waals surface area contributed by atoms with Crippen molar-refractivity contribution in [3.05, 3.63) is 30.0 Å². The molecule has 3 rings (SSSR count). The number of nitrogens with zero attached hydrogens (tertiary/aromatic N) is 4. The summed E-state index contributed by atoms with van der Waals surface area (Å²) in [4.78, 5) is 26.7. The van der Waals surface area contributed by atoms with Crippen molar-refractivity contribution >= 4 is 28.5 Å². The molecule has 1 N–H and O–H groups in total. The highest BCUT2D eigenvalue weighted by molar-refractivity contribution is 6.03. The summed E-state index contributed by atoms with van der Waals surface area (Å²) in [7, 11) is 1.74. The molecule has 1 amide bonds. The highest BCUT2D eigenvalue weighted by Gasteiger charge is 2.27. The zero-order chi connectivity index (χ0) is 15.0. The fraction of sp³-hybridized carbons (Fsp3) is 0.286. The van der Waals surface area contributed by atoms with E-state index in [1.807, 2.05) is 12.1 Å². The number of anilines is 1. The zero-order valence-electron chi connectivity index (χ0n) is 11.5. The number of carboxylic acid groups (broad SMARTS) is 1. The van der Waals surface area contributed by atoms with Crippen LogP contribution in [-0.4, -0.2) is 58.8 Å². The molecule has 0 saturated carbocycles. The fourth-order valence-corrected chi connectivity index (χ4v) is 2.45. The molecule has 1 aliphatic heterocycles. The summed E-state index contributed by atoms with van der Waals surface area (Å²) in [6.07, 6.45) is 0. The lowest BCUT2D eigenvalue weighted by Crippen LogP contribution is -2.49. The molecule has 2 heterocycles. The van der Waals surface area contributed by atoms with Crippen LogP contribution in [0.1, 0.15) is 10.5 Å². The first kappa shape index (κ1) is 13.3. The van der Waals surface area contributed by atoms with Crippen molar-refractivity contribution < 1.29 is 14.7 Å². The van der Waals surface area contributed by atoms with E-state index < -0.39 is 5.97 Å². The van der Waals surface area contributed by atoms with Crippen molar-refractivity contribution in [1.29, 1.82) is 0 Å². The minimum absolute atomic E-state index is 0.0431. The van der Waals surface area contributed by atoms with Crippen LogP contribution in [0.25, 0.3) is 10.9 Å². The Kier molecular flexibility index (Phi) is 3.17. The van der Waals surface area contributed by atoms with Gasteiger partial charge in [0.15, 0.2) is 5.69 Å². The Hall–Kier alpha value is -2.70. The lowest BCUT2D eigenvalue weighted by Gasteiger charge is -2.34. The molecule has 21 heavy (non-hydrogen) atoms. The van der Waals surface area contributed by atoms with Gasteiger partial charge in [-0.1, -0.05) is 18.2 Å². The van der Waals surface area contributed by atoms with E-state index in [2.05, 4.69) is 10.2 Å². The highest BCUT2D eigenvalue weighted by Crippen LogP contribution is 2.29. The number of likely N-dealkylation sites (N-methyl/N-ethyl adjacent to an activating group) is 1. The molecule has 1 aliphatic rings. The summed E-state index contributed by atoms with van der Waals surface area (Å²) < 4.78 is 0. The number of aromatic nitrogens is 2. The maximum absolute atomic E-state index is 11.9. The predicted molar refractivity (Wildman–Crippen MR) is 76.3 cm³/mol. The van der Waals surface area contributed by atoms with E-state index in [1.165, 1.54) is 0 Å². The van der Waals surface area contributed by atoms with Crippen LogP contribution in [0.2, 0.25) is 0 Å². The Morgan fingerprint density at radius 1 is 1.24 bits per heavy atom.